The fraction of sp³-hybridized carbons (Fsp3) is 0.280. The van der Waals surface area contributed by atoms with Crippen LogP contribution in [0, 0.1) is 11.7 Å². The van der Waals surface area contributed by atoms with E-state index in [0.29, 0.717) is 23.0 Å². The Morgan fingerprint density at radius 1 is 1.30 bits per heavy atom. The van der Waals surface area contributed by atoms with E-state index < -0.39 is 17.7 Å². The molecule has 1 aliphatic carbocycles. The molecule has 0 bridgehead atoms. The highest BCUT2D eigenvalue weighted by Gasteiger charge is 2.35. The Balaban J connectivity index is 1.56. The molecule has 1 aliphatic rings. The zero-order chi connectivity index (χ0) is 23.3. The molecule has 2 atom stereocenters. The molecule has 4 aromatic rings. The average Bonchev–Trinajstić information content (AvgIpc) is 3.32. The normalized spacial score (nSPS) is 16.6. The van der Waals surface area contributed by atoms with Crippen LogP contribution in [-0.2, 0) is 22.6 Å². The third-order valence-electron chi connectivity index (χ3n) is 6.67. The summed E-state index contributed by atoms with van der Waals surface area (Å²) in [5.74, 6) is -2.28. The van der Waals surface area contributed by atoms with Gasteiger partial charge in [-0.05, 0) is 43.0 Å². The molecular formula is C25H23ClFN3O3. The van der Waals surface area contributed by atoms with Gasteiger partial charge in [0.05, 0.1) is 16.2 Å². The van der Waals surface area contributed by atoms with Gasteiger partial charge < -0.3 is 20.0 Å². The van der Waals surface area contributed by atoms with Gasteiger partial charge in [-0.1, -0.05) is 36.7 Å². The van der Waals surface area contributed by atoms with Crippen LogP contribution in [-0.4, -0.2) is 26.5 Å². The number of amides is 1. The summed E-state index contributed by atoms with van der Waals surface area (Å²) in [5.41, 5.74) is 3.80. The quantitative estimate of drug-likeness (QED) is 0.352. The number of nitrogens with one attached hydrogen (secondary N) is 2. The summed E-state index contributed by atoms with van der Waals surface area (Å²) in [4.78, 5) is 28.1. The molecule has 0 spiro atoms. The molecule has 2 heterocycles. The number of carboxylic acids is 1. The molecular weight excluding hydrogens is 445 g/mol. The lowest BCUT2D eigenvalue weighted by molar-refractivity contribution is -0.137. The number of carbonyl (C=O) groups is 2. The number of aromatic nitrogens is 2. The first-order chi connectivity index (χ1) is 15.8. The number of hydrogen-bond donors (Lipinski definition) is 3. The zero-order valence-electron chi connectivity index (χ0n) is 18.0. The fourth-order valence-electron chi connectivity index (χ4n) is 5.20. The van der Waals surface area contributed by atoms with Crippen molar-refractivity contribution < 1.29 is 19.1 Å². The van der Waals surface area contributed by atoms with E-state index in [9.17, 15) is 19.1 Å². The number of rotatable bonds is 5. The van der Waals surface area contributed by atoms with Crippen LogP contribution in [0.25, 0.3) is 21.8 Å². The first-order valence-electron chi connectivity index (χ1n) is 10.9. The first kappa shape index (κ1) is 21.5. The number of anilines is 1. The molecule has 8 heteroatoms. The van der Waals surface area contributed by atoms with Crippen LogP contribution in [0.4, 0.5) is 10.1 Å². The molecule has 0 aliphatic heterocycles. The van der Waals surface area contributed by atoms with Gasteiger partial charge in [-0.3, -0.25) is 9.59 Å². The van der Waals surface area contributed by atoms with E-state index >= 15 is 0 Å². The molecule has 0 unspecified atom stereocenters. The number of carboxylic acid groups (broad SMARTS) is 1. The molecule has 0 saturated heterocycles. The maximum absolute atomic E-state index is 14.2. The molecule has 1 amide bonds. The Morgan fingerprint density at radius 3 is 2.88 bits per heavy atom. The molecule has 3 N–H and O–H groups in total. The second kappa shape index (κ2) is 8.23. The van der Waals surface area contributed by atoms with E-state index in [2.05, 4.69) is 10.3 Å². The van der Waals surface area contributed by atoms with E-state index in [0.717, 1.165) is 35.0 Å². The summed E-state index contributed by atoms with van der Waals surface area (Å²) in [6.07, 6.45) is 4.01. The third-order valence-corrected chi connectivity index (χ3v) is 6.96. The molecule has 0 fully saturated rings. The number of H-pyrrole nitrogens is 1. The van der Waals surface area contributed by atoms with Crippen molar-refractivity contribution in [3.05, 3.63) is 64.7 Å². The Bertz CT molecular complexity index is 1410. The SMILES string of the molecule is C[C@@H](C(=O)Nc1c[nH]c2ccccc12)[C@H]1CCCc2c1n(CC(=O)O)c1c(Cl)cc(F)cc21. The van der Waals surface area contributed by atoms with Crippen LogP contribution in [0.3, 0.4) is 0 Å². The van der Waals surface area contributed by atoms with Gasteiger partial charge in [0.1, 0.15) is 12.4 Å². The van der Waals surface area contributed by atoms with Gasteiger partial charge in [-0.2, -0.15) is 0 Å². The van der Waals surface area contributed by atoms with Crippen LogP contribution in [0.5, 0.6) is 0 Å². The number of aryl methyl sites for hydroxylation is 1. The number of fused-ring (bicyclic) bond motifs is 4. The summed E-state index contributed by atoms with van der Waals surface area (Å²) in [5, 5.41) is 14.3. The first-order valence-corrected chi connectivity index (χ1v) is 11.3. The van der Waals surface area contributed by atoms with Crippen molar-refractivity contribution >= 4 is 51.0 Å². The van der Waals surface area contributed by atoms with Crippen LogP contribution < -0.4 is 5.32 Å². The number of nitrogens with zero attached hydrogens (tertiary/aromatic N) is 1. The second-order valence-corrected chi connectivity index (χ2v) is 9.06. The summed E-state index contributed by atoms with van der Waals surface area (Å²) < 4.78 is 15.8. The van der Waals surface area contributed by atoms with Gasteiger partial charge in [0, 0.05) is 40.0 Å². The van der Waals surface area contributed by atoms with Crippen LogP contribution in [0.15, 0.2) is 42.6 Å². The molecule has 2 aromatic heterocycles. The molecule has 5 rings (SSSR count). The van der Waals surface area contributed by atoms with Crippen LogP contribution in [0.2, 0.25) is 5.02 Å². The van der Waals surface area contributed by atoms with Crippen molar-refractivity contribution in [2.24, 2.45) is 5.92 Å². The molecule has 0 saturated carbocycles. The third kappa shape index (κ3) is 3.66. The van der Waals surface area contributed by atoms with Gasteiger partial charge in [0.15, 0.2) is 0 Å². The van der Waals surface area contributed by atoms with Gasteiger partial charge >= 0.3 is 5.97 Å². The highest BCUT2D eigenvalue weighted by molar-refractivity contribution is 6.35. The summed E-state index contributed by atoms with van der Waals surface area (Å²) in [6.45, 7) is 1.55. The summed E-state index contributed by atoms with van der Waals surface area (Å²) >= 11 is 6.37. The Kier molecular flexibility index (Phi) is 5.37. The van der Waals surface area contributed by atoms with Gasteiger partial charge in [0.25, 0.3) is 0 Å². The number of benzene rings is 2. The van der Waals surface area contributed by atoms with Crippen molar-refractivity contribution in [3.8, 4) is 0 Å². The van der Waals surface area contributed by atoms with E-state index in [1.165, 1.54) is 12.1 Å². The van der Waals surface area contributed by atoms with Gasteiger partial charge in [-0.15, -0.1) is 0 Å². The van der Waals surface area contributed by atoms with Crippen molar-refractivity contribution in [2.75, 3.05) is 5.32 Å². The molecule has 0 radical (unpaired) electrons. The standard InChI is InChI=1S/C25H23ClFN3O3/c1-13(25(33)29-21-11-28-20-8-3-2-5-17(20)21)15-6-4-7-16-18-9-14(27)10-19(26)24(18)30(23(15)16)12-22(31)32/h2-3,5,8-11,13,15,28H,4,6-7,12H2,1H3,(H,29,33)(H,31,32)/t13-,15-/m1/s1. The Hall–Kier alpha value is -3.32. The molecule has 170 valence electrons. The van der Waals surface area contributed by atoms with E-state index in [1.807, 2.05) is 31.2 Å². The van der Waals surface area contributed by atoms with Crippen LogP contribution in [0.1, 0.15) is 36.9 Å². The second-order valence-electron chi connectivity index (χ2n) is 8.65. The van der Waals surface area contributed by atoms with E-state index in [1.54, 1.807) is 10.8 Å². The number of hydrogen-bond acceptors (Lipinski definition) is 2. The largest absolute Gasteiger partial charge is 0.480 e. The highest BCUT2D eigenvalue weighted by Crippen LogP contribution is 2.44. The van der Waals surface area contributed by atoms with E-state index in [4.69, 9.17) is 11.6 Å². The fourth-order valence-corrected chi connectivity index (χ4v) is 5.51. The zero-order valence-corrected chi connectivity index (χ0v) is 18.7. The predicted molar refractivity (Wildman–Crippen MR) is 126 cm³/mol. The number of carbonyl (C=O) groups excluding carboxylic acids is 1. The minimum absolute atomic E-state index is 0.151. The lowest BCUT2D eigenvalue weighted by Crippen LogP contribution is -2.30. The van der Waals surface area contributed by atoms with E-state index in [-0.39, 0.29) is 23.4 Å². The summed E-state index contributed by atoms with van der Waals surface area (Å²) in [6, 6.07) is 10.3. The summed E-state index contributed by atoms with van der Waals surface area (Å²) in [7, 11) is 0. The smallest absolute Gasteiger partial charge is 0.323 e. The molecule has 33 heavy (non-hydrogen) atoms. The number of aliphatic carboxylic acids is 1. The monoisotopic (exact) mass is 467 g/mol. The number of halogens is 2. The van der Waals surface area contributed by atoms with Crippen molar-refractivity contribution in [3.63, 3.8) is 0 Å². The minimum atomic E-state index is -1.02. The number of para-hydroxylation sites is 1. The lowest BCUT2D eigenvalue weighted by atomic mass is 9.79. The maximum atomic E-state index is 14.2. The predicted octanol–water partition coefficient (Wildman–Crippen LogP) is 5.69. The Labute approximate surface area is 194 Å². The average molecular weight is 468 g/mol. The minimum Gasteiger partial charge on any atom is -0.480 e. The van der Waals surface area contributed by atoms with Crippen molar-refractivity contribution in [1.82, 2.24) is 9.55 Å². The van der Waals surface area contributed by atoms with Gasteiger partial charge in [0.2, 0.25) is 5.91 Å². The van der Waals surface area contributed by atoms with Gasteiger partial charge in [-0.25, -0.2) is 4.39 Å². The molecule has 2 aromatic carbocycles. The lowest BCUT2D eigenvalue weighted by Gasteiger charge is -2.29. The number of aromatic amines is 1. The van der Waals surface area contributed by atoms with Crippen molar-refractivity contribution in [1.29, 1.82) is 0 Å². The topological polar surface area (TPSA) is 87.1 Å². The van der Waals surface area contributed by atoms with Crippen LogP contribution >= 0.6 is 11.6 Å². The van der Waals surface area contributed by atoms with Crippen molar-refractivity contribution in [2.45, 2.75) is 38.6 Å². The highest BCUT2D eigenvalue weighted by atomic mass is 35.5. The Morgan fingerprint density at radius 2 is 2.09 bits per heavy atom. The maximum Gasteiger partial charge on any atom is 0.323 e. The molecule has 6 nitrogen and oxygen atoms in total.